The standard InChI is InChI=1S/C61H71F4N10O13PS/c1-59(2,3)34-6-4-32(5-7-34)24-42(57(84)73-22-19-60(20-23-73)28-37(29-60)67-36-9-11-39-40(27-36)56(83)75(55(39)82)45-14-17-50(77)71-53(45)80)69-51(78)41(12-16-49(66)76)68-52(79)44-13-10-38-18-21-72(31-48(62)63)30-43(58(85)74(38)44)70-54(81)47-26-33-25-35(8-15-46(33)90-47)61(64,65)89(86,87)88/h4-9,11,15,25-27,37-38,41-45,48,67H,10,12-14,16-24,28-31H2,1-3H3,(H2,66,76)(H,68,79)(H,69,78)(H,70,81)(H,71,77,80)(H2,86,87,88)/t38-,41+,42+,43+,44+,45?/m1/s1. The van der Waals surface area contributed by atoms with Gasteiger partial charge in [-0.25, -0.2) is 8.78 Å². The van der Waals surface area contributed by atoms with E-state index >= 15 is 0 Å². The Kier molecular flexibility index (Phi) is 18.5. The molecule has 29 heteroatoms. The number of fused-ring (bicyclic) bond motifs is 3. The predicted octanol–water partition coefficient (Wildman–Crippen LogP) is 4.62. The minimum absolute atomic E-state index is 0.00270. The van der Waals surface area contributed by atoms with E-state index in [9.17, 15) is 79.9 Å². The Morgan fingerprint density at radius 3 is 2.18 bits per heavy atom. The molecular formula is C61H71F4N10O13PS. The maximum atomic E-state index is 14.8. The molecule has 6 atom stereocenters. The number of carbonyl (C=O) groups is 10. The summed E-state index contributed by atoms with van der Waals surface area (Å²) >= 11 is 0.810. The van der Waals surface area contributed by atoms with Crippen molar-refractivity contribution in [1.29, 1.82) is 0 Å². The molecule has 0 bridgehead atoms. The first-order chi connectivity index (χ1) is 42.4. The van der Waals surface area contributed by atoms with E-state index in [0.29, 0.717) is 37.2 Å². The van der Waals surface area contributed by atoms with Gasteiger partial charge in [0.25, 0.3) is 24.1 Å². The zero-order valence-corrected chi connectivity index (χ0v) is 51.3. The Bertz CT molecular complexity index is 3600. The van der Waals surface area contributed by atoms with Crippen molar-refractivity contribution >= 4 is 93.8 Å². The fourth-order valence-electron chi connectivity index (χ4n) is 13.3. The third-order valence-corrected chi connectivity index (χ3v) is 20.3. The van der Waals surface area contributed by atoms with E-state index in [2.05, 4.69) is 47.4 Å². The van der Waals surface area contributed by atoms with Crippen LogP contribution in [-0.2, 0) is 55.6 Å². The normalized spacial score (nSPS) is 22.3. The summed E-state index contributed by atoms with van der Waals surface area (Å²) in [5, 5.41) is 13.9. The fraction of sp³-hybridized carbons (Fsp3) is 0.508. The van der Waals surface area contributed by atoms with Crippen LogP contribution < -0.4 is 32.3 Å². The van der Waals surface area contributed by atoms with Gasteiger partial charge in [-0.15, -0.1) is 11.3 Å². The highest BCUT2D eigenvalue weighted by Gasteiger charge is 2.52. The number of thiophene rings is 1. The first-order valence-electron chi connectivity index (χ1n) is 29.9. The number of nitrogens with one attached hydrogen (secondary N) is 5. The number of carbonyl (C=O) groups excluding carboxylic acids is 10. The lowest BCUT2D eigenvalue weighted by Crippen LogP contribution is -2.62. The third-order valence-electron chi connectivity index (χ3n) is 18.2. The van der Waals surface area contributed by atoms with Crippen molar-refractivity contribution in [2.75, 3.05) is 38.0 Å². The Morgan fingerprint density at radius 1 is 0.833 bits per heavy atom. The van der Waals surface area contributed by atoms with Crippen molar-refractivity contribution in [3.8, 4) is 0 Å². The van der Waals surface area contributed by atoms with Crippen LogP contribution in [0.25, 0.3) is 10.1 Å². The van der Waals surface area contributed by atoms with Gasteiger partial charge in [0.05, 0.1) is 22.5 Å². The Balaban J connectivity index is 0.816. The molecule has 9 N–H and O–H groups in total. The molecule has 23 nitrogen and oxygen atoms in total. The second-order valence-corrected chi connectivity index (χ2v) is 28.2. The van der Waals surface area contributed by atoms with E-state index in [-0.39, 0.29) is 101 Å². The quantitative estimate of drug-likeness (QED) is 0.0361. The van der Waals surface area contributed by atoms with Gasteiger partial charge in [-0.05, 0) is 122 Å². The molecule has 1 aromatic heterocycles. The number of amides is 10. The number of likely N-dealkylation sites (tertiary alicyclic amines) is 1. The third kappa shape index (κ3) is 13.8. The lowest BCUT2D eigenvalue weighted by Gasteiger charge is -2.53. The van der Waals surface area contributed by atoms with E-state index in [1.165, 1.54) is 15.9 Å². The van der Waals surface area contributed by atoms with Crippen LogP contribution in [0.15, 0.2) is 66.7 Å². The molecule has 10 rings (SSSR count). The molecule has 4 saturated heterocycles. The van der Waals surface area contributed by atoms with Gasteiger partial charge < -0.3 is 46.6 Å². The summed E-state index contributed by atoms with van der Waals surface area (Å²) < 4.78 is 69.1. The van der Waals surface area contributed by atoms with Gasteiger partial charge in [-0.3, -0.25) is 67.6 Å². The summed E-state index contributed by atoms with van der Waals surface area (Å²) in [4.78, 5) is 160. The zero-order valence-electron chi connectivity index (χ0n) is 49.6. The summed E-state index contributed by atoms with van der Waals surface area (Å²) in [6.45, 7) is 5.68. The monoisotopic (exact) mass is 1290 g/mol. The number of rotatable bonds is 19. The van der Waals surface area contributed by atoms with Crippen LogP contribution >= 0.6 is 18.9 Å². The zero-order chi connectivity index (χ0) is 64.9. The topological polar surface area (TPSA) is 327 Å². The second-order valence-electron chi connectivity index (χ2n) is 25.5. The van der Waals surface area contributed by atoms with Gasteiger partial charge in [-0.2, -0.15) is 8.78 Å². The summed E-state index contributed by atoms with van der Waals surface area (Å²) in [7, 11) is -5.94. The van der Waals surface area contributed by atoms with E-state index in [1.807, 2.05) is 24.3 Å². The van der Waals surface area contributed by atoms with Crippen LogP contribution in [-0.4, -0.2) is 170 Å². The highest BCUT2D eigenvalue weighted by Crippen LogP contribution is 2.59. The molecule has 0 radical (unpaired) electrons. The molecule has 1 spiro atoms. The minimum atomic E-state index is -5.94. The van der Waals surface area contributed by atoms with Crippen molar-refractivity contribution in [3.63, 3.8) is 0 Å². The first-order valence-corrected chi connectivity index (χ1v) is 32.3. The Hall–Kier alpha value is -7.65. The lowest BCUT2D eigenvalue weighted by molar-refractivity contribution is -0.144. The van der Waals surface area contributed by atoms with E-state index < -0.39 is 134 Å². The smallest absolute Gasteiger partial charge is 0.382 e. The Labute approximate surface area is 518 Å². The number of primary amides is 1. The SMILES string of the molecule is CC(C)(C)c1ccc(C[C@H](NC(=O)[C@H](CCC(N)=O)NC(=O)[C@@H]2CC[C@@H]3CCN(CC(F)F)C[C@H](NC(=O)c4cc5cc(C(F)(F)P(=O)(O)O)ccc5s4)C(=O)N32)C(=O)N2CCC3(CC2)CC(Nc2ccc4c(c2)C(=O)N(C2CCC(=O)NC2=O)C4=O)C3)cc1. The molecule has 4 aromatic rings. The van der Waals surface area contributed by atoms with Gasteiger partial charge in [0.15, 0.2) is 0 Å². The maximum absolute atomic E-state index is 14.8. The number of hydrogen-bond acceptors (Lipinski definition) is 14. The molecule has 6 heterocycles. The molecule has 482 valence electrons. The summed E-state index contributed by atoms with van der Waals surface area (Å²) in [6.07, 6.45) is -0.324. The number of nitrogens with two attached hydrogens (primary N) is 1. The molecular weight excluding hydrogens is 1220 g/mol. The highest BCUT2D eigenvalue weighted by molar-refractivity contribution is 7.52. The number of hydrogen-bond donors (Lipinski definition) is 8. The molecule has 5 fully saturated rings. The highest BCUT2D eigenvalue weighted by atomic mass is 32.1. The Morgan fingerprint density at radius 2 is 1.52 bits per heavy atom. The van der Waals surface area contributed by atoms with E-state index in [1.54, 1.807) is 23.1 Å². The van der Waals surface area contributed by atoms with Crippen molar-refractivity contribution in [3.05, 3.63) is 99.4 Å². The summed E-state index contributed by atoms with van der Waals surface area (Å²) in [5.41, 5.74) is 2.35. The van der Waals surface area contributed by atoms with Crippen LogP contribution in [0.4, 0.5) is 23.2 Å². The molecule has 3 aromatic carbocycles. The average molecular weight is 1290 g/mol. The molecule has 90 heavy (non-hydrogen) atoms. The molecule has 1 unspecified atom stereocenters. The van der Waals surface area contributed by atoms with Gasteiger partial charge in [0.1, 0.15) is 30.2 Å². The molecule has 1 saturated carbocycles. The van der Waals surface area contributed by atoms with E-state index in [0.717, 1.165) is 52.8 Å². The average Bonchev–Trinajstić information content (AvgIpc) is 2.85. The van der Waals surface area contributed by atoms with Crippen molar-refractivity contribution in [2.45, 2.75) is 158 Å². The first kappa shape index (κ1) is 65.3. The van der Waals surface area contributed by atoms with Gasteiger partial charge in [-0.1, -0.05) is 51.1 Å². The number of piperidine rings is 2. The largest absolute Gasteiger partial charge is 0.399 e. The van der Waals surface area contributed by atoms with Crippen LogP contribution in [0.5, 0.6) is 0 Å². The number of imide groups is 2. The predicted molar refractivity (Wildman–Crippen MR) is 319 cm³/mol. The van der Waals surface area contributed by atoms with Crippen LogP contribution in [0.3, 0.4) is 0 Å². The number of anilines is 1. The molecule has 5 aliphatic heterocycles. The van der Waals surface area contributed by atoms with Crippen molar-refractivity contribution in [1.82, 2.24) is 40.9 Å². The lowest BCUT2D eigenvalue weighted by atomic mass is 9.60. The van der Waals surface area contributed by atoms with Crippen LogP contribution in [0.2, 0.25) is 0 Å². The summed E-state index contributed by atoms with van der Waals surface area (Å²) in [5.74, 6) is -6.95. The van der Waals surface area contributed by atoms with Crippen LogP contribution in [0, 0.1) is 5.41 Å². The fourth-order valence-corrected chi connectivity index (χ4v) is 14.7. The number of nitrogens with zero attached hydrogens (tertiary/aromatic N) is 4. The summed E-state index contributed by atoms with van der Waals surface area (Å²) in [6, 6.07) is 9.14. The van der Waals surface area contributed by atoms with Crippen molar-refractivity contribution in [2.24, 2.45) is 11.1 Å². The molecule has 1 aliphatic carbocycles. The maximum Gasteiger partial charge on any atom is 0.399 e. The number of benzene rings is 3. The molecule has 10 amide bonds. The van der Waals surface area contributed by atoms with Gasteiger partial charge in [0.2, 0.25) is 41.4 Å². The number of halogens is 4. The van der Waals surface area contributed by atoms with Gasteiger partial charge >= 0.3 is 13.3 Å². The van der Waals surface area contributed by atoms with Gasteiger partial charge in [0, 0.05) is 73.5 Å². The number of alkyl halides is 4. The second kappa shape index (κ2) is 25.6. The molecule has 6 aliphatic rings. The minimum Gasteiger partial charge on any atom is -0.382 e. The van der Waals surface area contributed by atoms with E-state index in [4.69, 9.17) is 5.73 Å². The van der Waals surface area contributed by atoms with Crippen molar-refractivity contribution < 1.29 is 79.9 Å². The van der Waals surface area contributed by atoms with Crippen LogP contribution in [0.1, 0.15) is 138 Å².